The zero-order valence-corrected chi connectivity index (χ0v) is 10.6. The summed E-state index contributed by atoms with van der Waals surface area (Å²) >= 11 is 0. The number of fused-ring (bicyclic) bond motifs is 1. The standard InChI is InChI=1S/C13H15NO4/c1-8-4-5-10-9(6-8)14(11(15)7-18-10)13(2,3)12(16)17/h4-6H,7H2,1-3H3,(H,16,17). The zero-order valence-electron chi connectivity index (χ0n) is 10.6. The summed E-state index contributed by atoms with van der Waals surface area (Å²) in [6.07, 6.45) is 0. The van der Waals surface area contributed by atoms with E-state index < -0.39 is 11.5 Å². The van der Waals surface area contributed by atoms with Crippen molar-refractivity contribution in [3.8, 4) is 5.75 Å². The molecule has 2 rings (SSSR count). The summed E-state index contributed by atoms with van der Waals surface area (Å²) in [6.45, 7) is 4.76. The lowest BCUT2D eigenvalue weighted by molar-refractivity contribution is -0.144. The minimum absolute atomic E-state index is 0.132. The molecule has 0 aliphatic carbocycles. The molecule has 1 aliphatic heterocycles. The Kier molecular flexibility index (Phi) is 2.77. The average molecular weight is 249 g/mol. The molecule has 96 valence electrons. The number of rotatable bonds is 2. The summed E-state index contributed by atoms with van der Waals surface area (Å²) in [5, 5.41) is 9.27. The number of carboxylic acids is 1. The van der Waals surface area contributed by atoms with Gasteiger partial charge in [0.25, 0.3) is 5.91 Å². The molecular weight excluding hydrogens is 234 g/mol. The number of hydrogen-bond donors (Lipinski definition) is 1. The number of amides is 1. The Morgan fingerprint density at radius 3 is 2.72 bits per heavy atom. The van der Waals surface area contributed by atoms with Crippen LogP contribution in [0.25, 0.3) is 0 Å². The van der Waals surface area contributed by atoms with Gasteiger partial charge in [-0.3, -0.25) is 9.69 Å². The van der Waals surface area contributed by atoms with Crippen LogP contribution in [0, 0.1) is 6.92 Å². The van der Waals surface area contributed by atoms with Gasteiger partial charge in [-0.2, -0.15) is 0 Å². The Hall–Kier alpha value is -2.04. The van der Waals surface area contributed by atoms with Crippen LogP contribution < -0.4 is 9.64 Å². The van der Waals surface area contributed by atoms with Gasteiger partial charge in [-0.25, -0.2) is 4.79 Å². The van der Waals surface area contributed by atoms with Crippen molar-refractivity contribution < 1.29 is 19.4 Å². The first-order valence-corrected chi connectivity index (χ1v) is 5.64. The van der Waals surface area contributed by atoms with Crippen molar-refractivity contribution in [1.82, 2.24) is 0 Å². The van der Waals surface area contributed by atoms with Crippen molar-refractivity contribution >= 4 is 17.6 Å². The fraction of sp³-hybridized carbons (Fsp3) is 0.385. The molecule has 1 aliphatic rings. The number of carboxylic acid groups (broad SMARTS) is 1. The van der Waals surface area contributed by atoms with Crippen molar-refractivity contribution in [3.05, 3.63) is 23.8 Å². The molecule has 0 bridgehead atoms. The third kappa shape index (κ3) is 1.81. The van der Waals surface area contributed by atoms with Gasteiger partial charge in [0, 0.05) is 0 Å². The molecule has 0 radical (unpaired) electrons. The first-order chi connectivity index (χ1) is 8.34. The van der Waals surface area contributed by atoms with E-state index in [0.29, 0.717) is 11.4 Å². The monoisotopic (exact) mass is 249 g/mol. The van der Waals surface area contributed by atoms with Crippen molar-refractivity contribution in [2.75, 3.05) is 11.5 Å². The third-order valence-corrected chi connectivity index (χ3v) is 3.04. The van der Waals surface area contributed by atoms with Crippen molar-refractivity contribution in [1.29, 1.82) is 0 Å². The summed E-state index contributed by atoms with van der Waals surface area (Å²) in [5.41, 5.74) is 0.153. The average Bonchev–Trinajstić information content (AvgIpc) is 2.27. The number of nitrogens with zero attached hydrogens (tertiary/aromatic N) is 1. The van der Waals surface area contributed by atoms with E-state index >= 15 is 0 Å². The number of anilines is 1. The number of aryl methyl sites for hydroxylation is 1. The molecule has 18 heavy (non-hydrogen) atoms. The number of aliphatic carboxylic acids is 1. The van der Waals surface area contributed by atoms with Crippen LogP contribution >= 0.6 is 0 Å². The quantitative estimate of drug-likeness (QED) is 0.864. The maximum absolute atomic E-state index is 12.0. The van der Waals surface area contributed by atoms with E-state index in [1.807, 2.05) is 13.0 Å². The molecule has 0 aromatic heterocycles. The highest BCUT2D eigenvalue weighted by atomic mass is 16.5. The van der Waals surface area contributed by atoms with Crippen LogP contribution in [0.5, 0.6) is 5.75 Å². The first kappa shape index (κ1) is 12.4. The van der Waals surface area contributed by atoms with Crippen molar-refractivity contribution in [2.45, 2.75) is 26.3 Å². The van der Waals surface area contributed by atoms with Crippen LogP contribution in [0.15, 0.2) is 18.2 Å². The van der Waals surface area contributed by atoms with E-state index in [0.717, 1.165) is 5.56 Å². The minimum atomic E-state index is -1.30. The summed E-state index contributed by atoms with van der Waals surface area (Å²) in [5.74, 6) is -0.861. The molecule has 1 N–H and O–H groups in total. The van der Waals surface area contributed by atoms with Gasteiger partial charge < -0.3 is 9.84 Å². The van der Waals surface area contributed by atoms with E-state index in [1.165, 1.54) is 18.7 Å². The highest BCUT2D eigenvalue weighted by Crippen LogP contribution is 2.37. The molecule has 0 unspecified atom stereocenters. The van der Waals surface area contributed by atoms with Crippen molar-refractivity contribution in [3.63, 3.8) is 0 Å². The van der Waals surface area contributed by atoms with Gasteiger partial charge in [-0.15, -0.1) is 0 Å². The summed E-state index contributed by atoms with van der Waals surface area (Å²) in [6, 6.07) is 5.37. The molecule has 0 fully saturated rings. The van der Waals surface area contributed by atoms with E-state index in [1.54, 1.807) is 12.1 Å². The van der Waals surface area contributed by atoms with E-state index in [9.17, 15) is 14.7 Å². The normalized spacial score (nSPS) is 15.1. The highest BCUT2D eigenvalue weighted by molar-refractivity contribution is 6.04. The molecule has 5 nitrogen and oxygen atoms in total. The maximum Gasteiger partial charge on any atom is 0.329 e. The predicted octanol–water partition coefficient (Wildman–Crippen LogP) is 1.58. The van der Waals surface area contributed by atoms with E-state index in [4.69, 9.17) is 4.74 Å². The summed E-state index contributed by atoms with van der Waals surface area (Å²) < 4.78 is 5.31. The zero-order chi connectivity index (χ0) is 13.5. The second kappa shape index (κ2) is 4.01. The molecule has 0 saturated carbocycles. The Bertz CT molecular complexity index is 522. The van der Waals surface area contributed by atoms with Gasteiger partial charge in [0.2, 0.25) is 0 Å². The van der Waals surface area contributed by atoms with Crippen LogP contribution in [-0.4, -0.2) is 29.1 Å². The van der Waals surface area contributed by atoms with Gasteiger partial charge >= 0.3 is 5.97 Å². The molecule has 1 aromatic carbocycles. The van der Waals surface area contributed by atoms with Crippen LogP contribution in [0.3, 0.4) is 0 Å². The SMILES string of the molecule is Cc1ccc2c(c1)N(C(C)(C)C(=O)O)C(=O)CO2. The maximum atomic E-state index is 12.0. The number of hydrogen-bond acceptors (Lipinski definition) is 3. The Labute approximate surface area is 105 Å². The highest BCUT2D eigenvalue weighted by Gasteiger charge is 2.42. The van der Waals surface area contributed by atoms with E-state index in [2.05, 4.69) is 0 Å². The smallest absolute Gasteiger partial charge is 0.329 e. The molecule has 1 heterocycles. The molecular formula is C13H15NO4. The lowest BCUT2D eigenvalue weighted by Gasteiger charge is -2.38. The lowest BCUT2D eigenvalue weighted by Crippen LogP contribution is -2.56. The van der Waals surface area contributed by atoms with E-state index in [-0.39, 0.29) is 12.5 Å². The number of ether oxygens (including phenoxy) is 1. The minimum Gasteiger partial charge on any atom is -0.482 e. The van der Waals surface area contributed by atoms with Crippen LogP contribution in [0.1, 0.15) is 19.4 Å². The van der Waals surface area contributed by atoms with Gasteiger partial charge in [0.05, 0.1) is 5.69 Å². The largest absolute Gasteiger partial charge is 0.482 e. The molecule has 1 aromatic rings. The third-order valence-electron chi connectivity index (χ3n) is 3.04. The molecule has 1 amide bonds. The van der Waals surface area contributed by atoms with Crippen LogP contribution in [0.4, 0.5) is 5.69 Å². The Morgan fingerprint density at radius 2 is 2.11 bits per heavy atom. The van der Waals surface area contributed by atoms with Gasteiger partial charge in [0.1, 0.15) is 11.3 Å². The fourth-order valence-electron chi connectivity index (χ4n) is 1.97. The molecule has 0 spiro atoms. The second-order valence-corrected chi connectivity index (χ2v) is 4.85. The second-order valence-electron chi connectivity index (χ2n) is 4.85. The number of carbonyl (C=O) groups is 2. The lowest BCUT2D eigenvalue weighted by atomic mass is 10.00. The van der Waals surface area contributed by atoms with Gasteiger partial charge in [0.15, 0.2) is 6.61 Å². The predicted molar refractivity (Wildman–Crippen MR) is 65.9 cm³/mol. The van der Waals surface area contributed by atoms with Crippen LogP contribution in [-0.2, 0) is 9.59 Å². The Morgan fingerprint density at radius 1 is 1.44 bits per heavy atom. The first-order valence-electron chi connectivity index (χ1n) is 5.64. The fourth-order valence-corrected chi connectivity index (χ4v) is 1.97. The van der Waals surface area contributed by atoms with Gasteiger partial charge in [-0.05, 0) is 38.5 Å². The number of carbonyl (C=O) groups excluding carboxylic acids is 1. The topological polar surface area (TPSA) is 66.8 Å². The molecule has 0 saturated heterocycles. The van der Waals surface area contributed by atoms with Crippen LogP contribution in [0.2, 0.25) is 0 Å². The summed E-state index contributed by atoms with van der Waals surface area (Å²) in [7, 11) is 0. The molecule has 0 atom stereocenters. The molecule has 5 heteroatoms. The summed E-state index contributed by atoms with van der Waals surface area (Å²) in [4.78, 5) is 24.6. The van der Waals surface area contributed by atoms with Crippen molar-refractivity contribution in [2.24, 2.45) is 0 Å². The van der Waals surface area contributed by atoms with Gasteiger partial charge in [-0.1, -0.05) is 6.07 Å². The number of benzene rings is 1. The Balaban J connectivity index is 2.58.